The number of hydrogen-bond donors (Lipinski definition) is 1. The Kier molecular flexibility index (Phi) is 4.73. The van der Waals surface area contributed by atoms with E-state index in [1.807, 2.05) is 6.92 Å². The Morgan fingerprint density at radius 3 is 2.62 bits per heavy atom. The highest BCUT2D eigenvalue weighted by Crippen LogP contribution is 2.32. The normalized spacial score (nSPS) is 26.4. The van der Waals surface area contributed by atoms with Gasteiger partial charge in [-0.3, -0.25) is 9.59 Å². The van der Waals surface area contributed by atoms with Gasteiger partial charge >= 0.3 is 11.9 Å². The third-order valence-corrected chi connectivity index (χ3v) is 3.13. The highest BCUT2D eigenvalue weighted by molar-refractivity contribution is 5.72. The Labute approximate surface area is 94.7 Å². The predicted molar refractivity (Wildman–Crippen MR) is 55.9 cm³/mol. The van der Waals surface area contributed by atoms with E-state index >= 15 is 0 Å². The number of rotatable bonds is 5. The summed E-state index contributed by atoms with van der Waals surface area (Å²) < 4.78 is 9.98. The maximum Gasteiger partial charge on any atom is 0.305 e. The van der Waals surface area contributed by atoms with Gasteiger partial charge in [0.15, 0.2) is 0 Å². The maximum atomic E-state index is 11.2. The SMILES string of the molecule is COC(=O)CC(CC(=O)O)C1CCOC1C. The van der Waals surface area contributed by atoms with Crippen LogP contribution in [-0.4, -0.2) is 36.9 Å². The van der Waals surface area contributed by atoms with E-state index in [2.05, 4.69) is 4.74 Å². The molecule has 1 aliphatic heterocycles. The molecule has 0 saturated carbocycles. The summed E-state index contributed by atoms with van der Waals surface area (Å²) in [6, 6.07) is 0. The van der Waals surface area contributed by atoms with Crippen LogP contribution in [0.2, 0.25) is 0 Å². The lowest BCUT2D eigenvalue weighted by molar-refractivity contribution is -0.144. The summed E-state index contributed by atoms with van der Waals surface area (Å²) in [4.78, 5) is 22.0. The van der Waals surface area contributed by atoms with Crippen LogP contribution >= 0.6 is 0 Å². The van der Waals surface area contributed by atoms with Crippen molar-refractivity contribution in [3.8, 4) is 0 Å². The maximum absolute atomic E-state index is 11.2. The fourth-order valence-electron chi connectivity index (χ4n) is 2.26. The van der Waals surface area contributed by atoms with Crippen LogP contribution in [0.4, 0.5) is 0 Å². The summed E-state index contributed by atoms with van der Waals surface area (Å²) in [5.41, 5.74) is 0. The summed E-state index contributed by atoms with van der Waals surface area (Å²) in [5.74, 6) is -1.30. The van der Waals surface area contributed by atoms with Gasteiger partial charge in [-0.15, -0.1) is 0 Å². The lowest BCUT2D eigenvalue weighted by Crippen LogP contribution is -2.26. The van der Waals surface area contributed by atoms with Gasteiger partial charge in [0, 0.05) is 19.4 Å². The zero-order chi connectivity index (χ0) is 12.1. The molecule has 0 bridgehead atoms. The van der Waals surface area contributed by atoms with E-state index in [-0.39, 0.29) is 36.8 Å². The molecule has 3 unspecified atom stereocenters. The van der Waals surface area contributed by atoms with Gasteiger partial charge in [0.1, 0.15) is 0 Å². The summed E-state index contributed by atoms with van der Waals surface area (Å²) in [5, 5.41) is 8.82. The minimum atomic E-state index is -0.881. The molecule has 3 atom stereocenters. The topological polar surface area (TPSA) is 72.8 Å². The molecule has 92 valence electrons. The minimum absolute atomic E-state index is 0.00648. The van der Waals surface area contributed by atoms with Crippen LogP contribution < -0.4 is 0 Å². The second kappa shape index (κ2) is 5.84. The molecule has 5 nitrogen and oxygen atoms in total. The van der Waals surface area contributed by atoms with Gasteiger partial charge in [0.05, 0.1) is 13.2 Å². The van der Waals surface area contributed by atoms with Crippen molar-refractivity contribution >= 4 is 11.9 Å². The fraction of sp³-hybridized carbons (Fsp3) is 0.818. The standard InChI is InChI=1S/C11H18O5/c1-7-9(3-4-16-7)8(5-10(12)13)6-11(14)15-2/h7-9H,3-6H2,1-2H3,(H,12,13). The Balaban J connectivity index is 2.62. The highest BCUT2D eigenvalue weighted by atomic mass is 16.5. The Bertz CT molecular complexity index is 263. The fourth-order valence-corrected chi connectivity index (χ4v) is 2.26. The first-order valence-electron chi connectivity index (χ1n) is 5.44. The van der Waals surface area contributed by atoms with Crippen molar-refractivity contribution in [1.82, 2.24) is 0 Å². The van der Waals surface area contributed by atoms with Crippen molar-refractivity contribution in [1.29, 1.82) is 0 Å². The van der Waals surface area contributed by atoms with E-state index in [9.17, 15) is 9.59 Å². The molecule has 0 spiro atoms. The first kappa shape index (κ1) is 13.0. The molecule has 1 aliphatic rings. The highest BCUT2D eigenvalue weighted by Gasteiger charge is 2.34. The summed E-state index contributed by atoms with van der Waals surface area (Å²) >= 11 is 0. The first-order valence-corrected chi connectivity index (χ1v) is 5.44. The smallest absolute Gasteiger partial charge is 0.305 e. The molecular formula is C11H18O5. The molecule has 0 amide bonds. The zero-order valence-electron chi connectivity index (χ0n) is 9.64. The van der Waals surface area contributed by atoms with Gasteiger partial charge in [-0.2, -0.15) is 0 Å². The molecule has 0 radical (unpaired) electrons. The average molecular weight is 230 g/mol. The Morgan fingerprint density at radius 1 is 1.50 bits per heavy atom. The molecular weight excluding hydrogens is 212 g/mol. The van der Waals surface area contributed by atoms with Crippen molar-refractivity contribution in [3.05, 3.63) is 0 Å². The number of carbonyl (C=O) groups excluding carboxylic acids is 1. The Hall–Kier alpha value is -1.10. The van der Waals surface area contributed by atoms with Crippen LogP contribution in [0.1, 0.15) is 26.2 Å². The molecule has 1 saturated heterocycles. The molecule has 0 aromatic carbocycles. The van der Waals surface area contributed by atoms with Crippen LogP contribution in [0.5, 0.6) is 0 Å². The molecule has 5 heteroatoms. The van der Waals surface area contributed by atoms with Gasteiger partial charge in [0.2, 0.25) is 0 Å². The molecule has 16 heavy (non-hydrogen) atoms. The monoisotopic (exact) mass is 230 g/mol. The number of esters is 1. The molecule has 1 N–H and O–H groups in total. The van der Waals surface area contributed by atoms with Gasteiger partial charge < -0.3 is 14.6 Å². The number of aliphatic carboxylic acids is 1. The lowest BCUT2D eigenvalue weighted by atomic mass is 9.83. The number of carboxylic acid groups (broad SMARTS) is 1. The summed E-state index contributed by atoms with van der Waals surface area (Å²) in [6.45, 7) is 2.56. The molecule has 0 aliphatic carbocycles. The molecule has 0 aromatic rings. The van der Waals surface area contributed by atoms with E-state index in [0.29, 0.717) is 6.61 Å². The van der Waals surface area contributed by atoms with E-state index in [1.54, 1.807) is 0 Å². The van der Waals surface area contributed by atoms with Crippen molar-refractivity contribution in [2.24, 2.45) is 11.8 Å². The molecule has 1 heterocycles. The number of methoxy groups -OCH3 is 1. The van der Waals surface area contributed by atoms with Gasteiger partial charge in [-0.05, 0) is 25.2 Å². The lowest BCUT2D eigenvalue weighted by Gasteiger charge is -2.23. The second-order valence-corrected chi connectivity index (χ2v) is 4.17. The largest absolute Gasteiger partial charge is 0.481 e. The predicted octanol–water partition coefficient (Wildman–Crippen LogP) is 1.07. The minimum Gasteiger partial charge on any atom is -0.481 e. The molecule has 1 fully saturated rings. The van der Waals surface area contributed by atoms with Crippen molar-refractivity contribution < 1.29 is 24.2 Å². The van der Waals surface area contributed by atoms with Gasteiger partial charge in [-0.25, -0.2) is 0 Å². The van der Waals surface area contributed by atoms with E-state index in [4.69, 9.17) is 9.84 Å². The van der Waals surface area contributed by atoms with Crippen LogP contribution in [0.3, 0.4) is 0 Å². The molecule has 1 rings (SSSR count). The number of carboxylic acids is 1. The van der Waals surface area contributed by atoms with Crippen LogP contribution in [-0.2, 0) is 19.1 Å². The third kappa shape index (κ3) is 3.48. The van der Waals surface area contributed by atoms with Gasteiger partial charge in [0.25, 0.3) is 0 Å². The second-order valence-electron chi connectivity index (χ2n) is 4.17. The van der Waals surface area contributed by atoms with E-state index < -0.39 is 5.97 Å². The van der Waals surface area contributed by atoms with Crippen molar-refractivity contribution in [2.45, 2.75) is 32.3 Å². The van der Waals surface area contributed by atoms with Crippen LogP contribution in [0, 0.1) is 11.8 Å². The van der Waals surface area contributed by atoms with Crippen molar-refractivity contribution in [2.75, 3.05) is 13.7 Å². The van der Waals surface area contributed by atoms with E-state index in [1.165, 1.54) is 7.11 Å². The van der Waals surface area contributed by atoms with E-state index in [0.717, 1.165) is 6.42 Å². The number of ether oxygens (including phenoxy) is 2. The summed E-state index contributed by atoms with van der Waals surface area (Å²) in [6.07, 6.45) is 0.985. The first-order chi connectivity index (χ1) is 7.54. The quantitative estimate of drug-likeness (QED) is 0.715. The zero-order valence-corrected chi connectivity index (χ0v) is 9.64. The third-order valence-electron chi connectivity index (χ3n) is 3.13. The Morgan fingerprint density at radius 2 is 2.19 bits per heavy atom. The van der Waals surface area contributed by atoms with Crippen LogP contribution in [0.25, 0.3) is 0 Å². The summed E-state index contributed by atoms with van der Waals surface area (Å²) in [7, 11) is 1.31. The average Bonchev–Trinajstić information content (AvgIpc) is 2.62. The number of carbonyl (C=O) groups is 2. The van der Waals surface area contributed by atoms with Crippen LogP contribution in [0.15, 0.2) is 0 Å². The van der Waals surface area contributed by atoms with Gasteiger partial charge in [-0.1, -0.05) is 0 Å². The molecule has 0 aromatic heterocycles. The van der Waals surface area contributed by atoms with Crippen molar-refractivity contribution in [3.63, 3.8) is 0 Å². The number of hydrogen-bond acceptors (Lipinski definition) is 4.